The van der Waals surface area contributed by atoms with Crippen LogP contribution in [0.2, 0.25) is 5.02 Å². The maximum absolute atomic E-state index is 12.0. The Morgan fingerprint density at radius 3 is 2.77 bits per heavy atom. The number of hydrogen-bond donors (Lipinski definition) is 1. The fourth-order valence-electron chi connectivity index (χ4n) is 2.63. The molecule has 2 rings (SSSR count). The van der Waals surface area contributed by atoms with Gasteiger partial charge in [-0.3, -0.25) is 9.69 Å². The first kappa shape index (κ1) is 17.3. The fraction of sp³-hybridized carbons (Fsp3) is 0.588. The lowest BCUT2D eigenvalue weighted by Crippen LogP contribution is -2.55. The second-order valence-electron chi connectivity index (χ2n) is 6.32. The molecule has 1 saturated heterocycles. The monoisotopic (exact) mass is 324 g/mol. The van der Waals surface area contributed by atoms with Crippen LogP contribution in [0.5, 0.6) is 0 Å². The van der Waals surface area contributed by atoms with Crippen molar-refractivity contribution in [2.75, 3.05) is 32.8 Å². The van der Waals surface area contributed by atoms with E-state index in [0.717, 1.165) is 31.9 Å². The van der Waals surface area contributed by atoms with Crippen LogP contribution in [0.15, 0.2) is 24.3 Å². The highest BCUT2D eigenvalue weighted by atomic mass is 35.5. The van der Waals surface area contributed by atoms with Gasteiger partial charge in [0.15, 0.2) is 0 Å². The predicted octanol–water partition coefficient (Wildman–Crippen LogP) is 2.50. The number of aryl methyl sites for hydroxylation is 1. The number of benzene rings is 1. The lowest BCUT2D eigenvalue weighted by molar-refractivity contribution is -0.121. The van der Waals surface area contributed by atoms with Crippen molar-refractivity contribution < 1.29 is 9.53 Å². The van der Waals surface area contributed by atoms with E-state index in [-0.39, 0.29) is 11.4 Å². The third kappa shape index (κ3) is 5.27. The summed E-state index contributed by atoms with van der Waals surface area (Å²) in [6.45, 7) is 8.36. The molecule has 0 unspecified atom stereocenters. The van der Waals surface area contributed by atoms with Crippen LogP contribution in [-0.4, -0.2) is 49.2 Å². The van der Waals surface area contributed by atoms with Gasteiger partial charge in [-0.05, 0) is 38.0 Å². The van der Waals surface area contributed by atoms with Gasteiger partial charge in [0.25, 0.3) is 0 Å². The number of carbonyl (C=O) groups is 1. The molecule has 0 bridgehead atoms. The fourth-order valence-corrected chi connectivity index (χ4v) is 2.85. The quantitative estimate of drug-likeness (QED) is 0.874. The lowest BCUT2D eigenvalue weighted by Gasteiger charge is -2.40. The second kappa shape index (κ2) is 7.95. The number of carbonyl (C=O) groups excluding carboxylic acids is 1. The minimum absolute atomic E-state index is 0.0461. The molecule has 0 saturated carbocycles. The molecular weight excluding hydrogens is 300 g/mol. The Balaban J connectivity index is 1.74. The SMILES string of the molecule is CC(C)(CNC(=O)CCc1cccc(Cl)c1)N1CCOCC1. The van der Waals surface area contributed by atoms with Gasteiger partial charge in [0, 0.05) is 36.6 Å². The van der Waals surface area contributed by atoms with E-state index < -0.39 is 0 Å². The average molecular weight is 325 g/mol. The van der Waals surface area contributed by atoms with Crippen molar-refractivity contribution in [2.24, 2.45) is 0 Å². The predicted molar refractivity (Wildman–Crippen MR) is 89.3 cm³/mol. The Bertz CT molecular complexity index is 499. The highest BCUT2D eigenvalue weighted by molar-refractivity contribution is 6.30. The number of nitrogens with zero attached hydrogens (tertiary/aromatic N) is 1. The number of morpholine rings is 1. The molecule has 5 heteroatoms. The van der Waals surface area contributed by atoms with Crippen molar-refractivity contribution in [1.29, 1.82) is 0 Å². The molecule has 0 spiro atoms. The van der Waals surface area contributed by atoms with Crippen molar-refractivity contribution in [3.05, 3.63) is 34.9 Å². The maximum atomic E-state index is 12.0. The van der Waals surface area contributed by atoms with Crippen molar-refractivity contribution in [2.45, 2.75) is 32.2 Å². The molecule has 122 valence electrons. The second-order valence-corrected chi connectivity index (χ2v) is 6.75. The van der Waals surface area contributed by atoms with Crippen LogP contribution in [0.1, 0.15) is 25.8 Å². The molecule has 1 heterocycles. The van der Waals surface area contributed by atoms with Gasteiger partial charge in [-0.2, -0.15) is 0 Å². The molecule has 1 aliphatic heterocycles. The zero-order valence-electron chi connectivity index (χ0n) is 13.4. The topological polar surface area (TPSA) is 41.6 Å². The molecule has 1 aliphatic rings. The lowest BCUT2D eigenvalue weighted by atomic mass is 10.0. The number of amides is 1. The van der Waals surface area contributed by atoms with Crippen molar-refractivity contribution in [3.63, 3.8) is 0 Å². The Kier molecular flexibility index (Phi) is 6.24. The zero-order chi connectivity index (χ0) is 16.0. The summed E-state index contributed by atoms with van der Waals surface area (Å²) in [4.78, 5) is 14.4. The van der Waals surface area contributed by atoms with Gasteiger partial charge in [-0.15, -0.1) is 0 Å². The summed E-state index contributed by atoms with van der Waals surface area (Å²) in [6, 6.07) is 7.66. The average Bonchev–Trinajstić information content (AvgIpc) is 2.52. The van der Waals surface area contributed by atoms with Crippen LogP contribution in [0.4, 0.5) is 0 Å². The smallest absolute Gasteiger partial charge is 0.220 e. The third-order valence-electron chi connectivity index (χ3n) is 4.12. The maximum Gasteiger partial charge on any atom is 0.220 e. The van der Waals surface area contributed by atoms with Gasteiger partial charge in [0.1, 0.15) is 0 Å². The van der Waals surface area contributed by atoms with Crippen molar-refractivity contribution in [1.82, 2.24) is 10.2 Å². The van der Waals surface area contributed by atoms with E-state index in [2.05, 4.69) is 24.1 Å². The van der Waals surface area contributed by atoms with Crippen LogP contribution < -0.4 is 5.32 Å². The minimum atomic E-state index is -0.0461. The van der Waals surface area contributed by atoms with E-state index in [4.69, 9.17) is 16.3 Å². The van der Waals surface area contributed by atoms with E-state index >= 15 is 0 Å². The number of hydrogen-bond acceptors (Lipinski definition) is 3. The van der Waals surface area contributed by atoms with E-state index in [1.165, 1.54) is 0 Å². The molecule has 22 heavy (non-hydrogen) atoms. The minimum Gasteiger partial charge on any atom is -0.379 e. The van der Waals surface area contributed by atoms with Gasteiger partial charge < -0.3 is 10.1 Å². The van der Waals surface area contributed by atoms with Crippen molar-refractivity contribution in [3.8, 4) is 0 Å². The normalized spacial score (nSPS) is 16.5. The van der Waals surface area contributed by atoms with Crippen molar-refractivity contribution >= 4 is 17.5 Å². The summed E-state index contributed by atoms with van der Waals surface area (Å²) in [5.74, 6) is 0.0845. The summed E-state index contributed by atoms with van der Waals surface area (Å²) in [7, 11) is 0. The first-order valence-corrected chi connectivity index (χ1v) is 8.19. The highest BCUT2D eigenvalue weighted by Crippen LogP contribution is 2.15. The molecule has 0 atom stereocenters. The number of rotatable bonds is 6. The van der Waals surface area contributed by atoms with E-state index in [1.54, 1.807) is 0 Å². The number of nitrogens with one attached hydrogen (secondary N) is 1. The molecular formula is C17H25ClN2O2. The molecule has 0 radical (unpaired) electrons. The molecule has 1 aromatic rings. The molecule has 4 nitrogen and oxygen atoms in total. The number of halogens is 1. The van der Waals surface area contributed by atoms with E-state index in [1.807, 2.05) is 24.3 Å². The van der Waals surface area contributed by atoms with Crippen LogP contribution in [0.25, 0.3) is 0 Å². The zero-order valence-corrected chi connectivity index (χ0v) is 14.2. The molecule has 0 aliphatic carbocycles. The van der Waals surface area contributed by atoms with Crippen LogP contribution >= 0.6 is 11.6 Å². The first-order chi connectivity index (χ1) is 10.5. The van der Waals surface area contributed by atoms with Gasteiger partial charge in [0.2, 0.25) is 5.91 Å². The summed E-state index contributed by atoms with van der Waals surface area (Å²) in [5.41, 5.74) is 1.05. The highest BCUT2D eigenvalue weighted by Gasteiger charge is 2.28. The summed E-state index contributed by atoms with van der Waals surface area (Å²) in [6.07, 6.45) is 1.20. The van der Waals surface area contributed by atoms with Gasteiger partial charge >= 0.3 is 0 Å². The van der Waals surface area contributed by atoms with Gasteiger partial charge in [-0.25, -0.2) is 0 Å². The summed E-state index contributed by atoms with van der Waals surface area (Å²) < 4.78 is 5.38. The molecule has 1 aromatic carbocycles. The van der Waals surface area contributed by atoms with E-state index in [9.17, 15) is 4.79 Å². The first-order valence-electron chi connectivity index (χ1n) is 7.81. The van der Waals surface area contributed by atoms with Crippen LogP contribution in [0, 0.1) is 0 Å². The Hall–Kier alpha value is -1.10. The largest absolute Gasteiger partial charge is 0.379 e. The van der Waals surface area contributed by atoms with Gasteiger partial charge in [-0.1, -0.05) is 23.7 Å². The summed E-state index contributed by atoms with van der Waals surface area (Å²) >= 11 is 5.95. The third-order valence-corrected chi connectivity index (χ3v) is 4.35. The number of ether oxygens (including phenoxy) is 1. The summed E-state index contributed by atoms with van der Waals surface area (Å²) in [5, 5.41) is 3.76. The molecule has 1 fully saturated rings. The van der Waals surface area contributed by atoms with Crippen LogP contribution in [0.3, 0.4) is 0 Å². The van der Waals surface area contributed by atoms with Gasteiger partial charge in [0.05, 0.1) is 13.2 Å². The van der Waals surface area contributed by atoms with E-state index in [0.29, 0.717) is 24.4 Å². The van der Waals surface area contributed by atoms with Crippen LogP contribution in [-0.2, 0) is 16.0 Å². The molecule has 1 N–H and O–H groups in total. The standard InChI is InChI=1S/C17H25ClN2O2/c1-17(2,20-8-10-22-11-9-20)13-19-16(21)7-6-14-4-3-5-15(18)12-14/h3-5,12H,6-11,13H2,1-2H3,(H,19,21). The Morgan fingerprint density at radius 2 is 2.09 bits per heavy atom. The Morgan fingerprint density at radius 1 is 1.36 bits per heavy atom. The molecule has 1 amide bonds. The Labute approximate surface area is 137 Å². The molecule has 0 aromatic heterocycles.